The molecule has 0 aliphatic heterocycles. The fourth-order valence-corrected chi connectivity index (χ4v) is 3.33. The van der Waals surface area contributed by atoms with E-state index in [-0.39, 0.29) is 12.6 Å². The van der Waals surface area contributed by atoms with Gasteiger partial charge in [0.1, 0.15) is 6.61 Å². The standard InChI is InChI=1S/C25H52O10Si/c1-5-6-7-8-25(26)34-23-21-32-19-17-30-15-13-28-11-9-27-10-12-29-14-16-31-18-20-33-22-24-35-36(2,3)4/h5-24H2,1-4H3. The van der Waals surface area contributed by atoms with Crippen molar-refractivity contribution in [2.45, 2.75) is 52.2 Å². The van der Waals surface area contributed by atoms with Gasteiger partial charge in [-0.15, -0.1) is 0 Å². The van der Waals surface area contributed by atoms with Crippen molar-refractivity contribution in [3.8, 4) is 0 Å². The molecule has 0 saturated carbocycles. The maximum absolute atomic E-state index is 11.4. The Labute approximate surface area is 219 Å². The van der Waals surface area contributed by atoms with E-state index in [1.165, 1.54) is 0 Å². The predicted molar refractivity (Wildman–Crippen MR) is 140 cm³/mol. The van der Waals surface area contributed by atoms with Crippen LogP contribution in [0, 0.1) is 0 Å². The van der Waals surface area contributed by atoms with Crippen LogP contribution in [0.2, 0.25) is 19.6 Å². The molecule has 0 radical (unpaired) electrons. The van der Waals surface area contributed by atoms with E-state index in [9.17, 15) is 4.79 Å². The molecule has 0 amide bonds. The zero-order valence-corrected chi connectivity index (χ0v) is 24.2. The molecule has 0 atom stereocenters. The van der Waals surface area contributed by atoms with Crippen LogP contribution < -0.4 is 0 Å². The first-order valence-electron chi connectivity index (χ1n) is 13.3. The molecule has 0 bridgehead atoms. The Morgan fingerprint density at radius 3 is 1.17 bits per heavy atom. The monoisotopic (exact) mass is 540 g/mol. The van der Waals surface area contributed by atoms with Crippen molar-refractivity contribution in [2.75, 3.05) is 106 Å². The second-order valence-electron chi connectivity index (χ2n) is 8.93. The van der Waals surface area contributed by atoms with Crippen LogP contribution in [0.5, 0.6) is 0 Å². The first-order valence-corrected chi connectivity index (χ1v) is 16.7. The molecule has 216 valence electrons. The average Bonchev–Trinajstić information content (AvgIpc) is 2.83. The molecule has 0 aliphatic rings. The van der Waals surface area contributed by atoms with Crippen molar-refractivity contribution in [3.05, 3.63) is 0 Å². The Kier molecular flexibility index (Phi) is 26.9. The largest absolute Gasteiger partial charge is 0.463 e. The Bertz CT molecular complexity index is 463. The van der Waals surface area contributed by atoms with E-state index in [1.54, 1.807) is 0 Å². The van der Waals surface area contributed by atoms with Crippen LogP contribution in [-0.4, -0.2) is 120 Å². The van der Waals surface area contributed by atoms with Gasteiger partial charge in [0.2, 0.25) is 0 Å². The number of esters is 1. The summed E-state index contributed by atoms with van der Waals surface area (Å²) in [6, 6.07) is 0. The maximum Gasteiger partial charge on any atom is 0.305 e. The smallest absolute Gasteiger partial charge is 0.305 e. The van der Waals surface area contributed by atoms with E-state index < -0.39 is 8.32 Å². The lowest BCUT2D eigenvalue weighted by Gasteiger charge is -2.16. The topological polar surface area (TPSA) is 100 Å². The van der Waals surface area contributed by atoms with Crippen molar-refractivity contribution >= 4 is 14.3 Å². The number of unbranched alkanes of at least 4 members (excludes halogenated alkanes) is 2. The summed E-state index contributed by atoms with van der Waals surface area (Å²) >= 11 is 0. The zero-order valence-electron chi connectivity index (χ0n) is 23.2. The van der Waals surface area contributed by atoms with Gasteiger partial charge in [0.25, 0.3) is 0 Å². The van der Waals surface area contributed by atoms with Gasteiger partial charge in [-0.2, -0.15) is 0 Å². The fourth-order valence-electron chi connectivity index (χ4n) is 2.63. The number of carbonyl (C=O) groups excluding carboxylic acids is 1. The molecule has 0 aromatic carbocycles. The molecule has 0 aromatic heterocycles. The summed E-state index contributed by atoms with van der Waals surface area (Å²) in [5.74, 6) is -0.154. The molecule has 0 N–H and O–H groups in total. The van der Waals surface area contributed by atoms with Crippen LogP contribution in [0.4, 0.5) is 0 Å². The first-order chi connectivity index (χ1) is 17.5. The summed E-state index contributed by atoms with van der Waals surface area (Å²) in [6.45, 7) is 16.7. The van der Waals surface area contributed by atoms with Crippen LogP contribution in [0.3, 0.4) is 0 Å². The van der Waals surface area contributed by atoms with E-state index in [2.05, 4.69) is 26.6 Å². The molecule has 0 heterocycles. The summed E-state index contributed by atoms with van der Waals surface area (Å²) in [5, 5.41) is 0. The summed E-state index contributed by atoms with van der Waals surface area (Å²) in [7, 11) is -1.44. The molecule has 0 spiro atoms. The Morgan fingerprint density at radius 1 is 0.500 bits per heavy atom. The van der Waals surface area contributed by atoms with Gasteiger partial charge in [0.15, 0.2) is 8.32 Å². The number of hydrogen-bond acceptors (Lipinski definition) is 10. The summed E-state index contributed by atoms with van der Waals surface area (Å²) in [4.78, 5) is 11.4. The third-order valence-electron chi connectivity index (χ3n) is 4.47. The van der Waals surface area contributed by atoms with Gasteiger partial charge in [0, 0.05) is 6.42 Å². The second kappa shape index (κ2) is 27.4. The third-order valence-corrected chi connectivity index (χ3v) is 5.54. The molecule has 0 saturated heterocycles. The van der Waals surface area contributed by atoms with Crippen LogP contribution in [0.1, 0.15) is 32.6 Å². The van der Waals surface area contributed by atoms with Gasteiger partial charge in [-0.05, 0) is 26.1 Å². The highest BCUT2D eigenvalue weighted by Gasteiger charge is 2.13. The van der Waals surface area contributed by atoms with Crippen molar-refractivity contribution in [3.63, 3.8) is 0 Å². The lowest BCUT2D eigenvalue weighted by atomic mass is 10.2. The minimum Gasteiger partial charge on any atom is -0.463 e. The lowest BCUT2D eigenvalue weighted by molar-refractivity contribution is -0.145. The van der Waals surface area contributed by atoms with E-state index in [0.717, 1.165) is 19.3 Å². The quantitative estimate of drug-likeness (QED) is 0.0799. The summed E-state index contributed by atoms with van der Waals surface area (Å²) in [6.07, 6.45) is 3.52. The van der Waals surface area contributed by atoms with Crippen molar-refractivity contribution in [1.29, 1.82) is 0 Å². The van der Waals surface area contributed by atoms with Gasteiger partial charge in [-0.3, -0.25) is 4.79 Å². The maximum atomic E-state index is 11.4. The molecule has 0 fully saturated rings. The van der Waals surface area contributed by atoms with E-state index in [4.69, 9.17) is 42.3 Å². The summed E-state index contributed by atoms with van der Waals surface area (Å²) < 4.78 is 48.8. The minimum atomic E-state index is -1.44. The molecular formula is C25H52O10Si. The highest BCUT2D eigenvalue weighted by Crippen LogP contribution is 2.01. The minimum absolute atomic E-state index is 0.154. The van der Waals surface area contributed by atoms with Crippen LogP contribution >= 0.6 is 0 Å². The molecule has 10 nitrogen and oxygen atoms in total. The third kappa shape index (κ3) is 31.4. The summed E-state index contributed by atoms with van der Waals surface area (Å²) in [5.41, 5.74) is 0. The zero-order chi connectivity index (χ0) is 26.6. The average molecular weight is 541 g/mol. The van der Waals surface area contributed by atoms with Gasteiger partial charge in [-0.1, -0.05) is 19.8 Å². The SMILES string of the molecule is CCCCCC(=O)OCCOCCOCCOCCOCCOCCOCCOCCO[Si](C)(C)C. The van der Waals surface area contributed by atoms with Gasteiger partial charge < -0.3 is 42.3 Å². The van der Waals surface area contributed by atoms with E-state index in [1.807, 2.05) is 0 Å². The highest BCUT2D eigenvalue weighted by atomic mass is 28.4. The molecule has 0 aliphatic carbocycles. The normalized spacial score (nSPS) is 11.8. The first kappa shape index (κ1) is 35.4. The Balaban J connectivity index is 3.09. The van der Waals surface area contributed by atoms with Gasteiger partial charge >= 0.3 is 5.97 Å². The molecule has 36 heavy (non-hydrogen) atoms. The van der Waals surface area contributed by atoms with Crippen LogP contribution in [0.25, 0.3) is 0 Å². The second-order valence-corrected chi connectivity index (χ2v) is 13.4. The van der Waals surface area contributed by atoms with Crippen molar-refractivity contribution < 1.29 is 47.1 Å². The number of carbonyl (C=O) groups is 1. The van der Waals surface area contributed by atoms with Crippen LogP contribution in [-0.2, 0) is 47.1 Å². The Morgan fingerprint density at radius 2 is 0.833 bits per heavy atom. The number of ether oxygens (including phenoxy) is 8. The molecule has 0 aromatic rings. The Hall–Kier alpha value is -0.633. The molecule has 0 unspecified atom stereocenters. The van der Waals surface area contributed by atoms with E-state index in [0.29, 0.717) is 106 Å². The van der Waals surface area contributed by atoms with E-state index >= 15 is 0 Å². The number of hydrogen-bond donors (Lipinski definition) is 0. The van der Waals surface area contributed by atoms with Gasteiger partial charge in [0.05, 0.1) is 99.1 Å². The van der Waals surface area contributed by atoms with Crippen molar-refractivity contribution in [2.24, 2.45) is 0 Å². The fraction of sp³-hybridized carbons (Fsp3) is 0.960. The van der Waals surface area contributed by atoms with Crippen LogP contribution in [0.15, 0.2) is 0 Å². The predicted octanol–water partition coefficient (Wildman–Crippen LogP) is 3.08. The molecule has 0 rings (SSSR count). The number of rotatable bonds is 29. The molecular weight excluding hydrogens is 488 g/mol. The van der Waals surface area contributed by atoms with Crippen molar-refractivity contribution in [1.82, 2.24) is 0 Å². The molecule has 11 heteroatoms. The highest BCUT2D eigenvalue weighted by molar-refractivity contribution is 6.69. The lowest BCUT2D eigenvalue weighted by Crippen LogP contribution is -2.27. The van der Waals surface area contributed by atoms with Gasteiger partial charge in [-0.25, -0.2) is 0 Å².